The molecule has 0 spiro atoms. The standard InChI is InChI=1S/C29H36O17/c1-40-15-3-10(4-16(41-2)20(15)34)26-17(7-12-13(33)5-11(32)6-14(12)42-26)43-29-25(39)27(22(36)19(9-31)45-29)46-28-24(38)23(37)21(35)18(8-30)44-28/h3-7,18-19,21-39H,8-9H2,1-2H3. The molecule has 46 heavy (non-hydrogen) atoms. The maximum atomic E-state index is 11.3. The first kappa shape index (κ1) is 33.7. The molecule has 3 aliphatic heterocycles. The number of fused-ring (bicyclic) bond motifs is 1. The van der Waals surface area contributed by atoms with Gasteiger partial charge in [-0.1, -0.05) is 0 Å². The van der Waals surface area contributed by atoms with Crippen molar-refractivity contribution in [3.63, 3.8) is 0 Å². The smallest absolute Gasteiger partial charge is 0.228 e. The van der Waals surface area contributed by atoms with E-state index in [9.17, 15) is 51.1 Å². The number of rotatable bonds is 9. The normalized spacial score (nSPS) is 34.2. The maximum Gasteiger partial charge on any atom is 0.228 e. The molecule has 17 nitrogen and oxygen atoms in total. The molecule has 2 fully saturated rings. The molecule has 2 aromatic carbocycles. The third-order valence-corrected chi connectivity index (χ3v) is 7.91. The van der Waals surface area contributed by atoms with Crippen molar-refractivity contribution in [3.05, 3.63) is 41.2 Å². The molecule has 254 valence electrons. The van der Waals surface area contributed by atoms with Gasteiger partial charge in [0.2, 0.25) is 12.0 Å². The predicted octanol–water partition coefficient (Wildman–Crippen LogP) is -2.06. The summed E-state index contributed by atoms with van der Waals surface area (Å²) in [5.74, 6) is -1.13. The van der Waals surface area contributed by atoms with Crippen molar-refractivity contribution in [1.29, 1.82) is 0 Å². The Hall–Kier alpha value is -3.62. The maximum absolute atomic E-state index is 11.3. The number of aliphatic hydroxyl groups excluding tert-OH is 7. The van der Waals surface area contributed by atoms with E-state index in [2.05, 4.69) is 0 Å². The molecular weight excluding hydrogens is 620 g/mol. The Kier molecular flexibility index (Phi) is 9.99. The zero-order chi connectivity index (χ0) is 33.4. The monoisotopic (exact) mass is 656 g/mol. The van der Waals surface area contributed by atoms with E-state index >= 15 is 0 Å². The number of aromatic hydroxyl groups is 3. The fourth-order valence-electron chi connectivity index (χ4n) is 5.42. The molecule has 11 atom stereocenters. The molecule has 17 heteroatoms. The van der Waals surface area contributed by atoms with Crippen LogP contribution in [0, 0.1) is 0 Å². The molecular formula is C29H36O17. The van der Waals surface area contributed by atoms with E-state index in [1.54, 1.807) is 0 Å². The highest BCUT2D eigenvalue weighted by Gasteiger charge is 2.51. The fourth-order valence-corrected chi connectivity index (χ4v) is 5.42. The van der Waals surface area contributed by atoms with Crippen LogP contribution in [-0.2, 0) is 18.9 Å². The van der Waals surface area contributed by atoms with E-state index < -0.39 is 86.5 Å². The third-order valence-electron chi connectivity index (χ3n) is 7.91. The highest BCUT2D eigenvalue weighted by atomic mass is 16.7. The van der Waals surface area contributed by atoms with Gasteiger partial charge in [-0.15, -0.1) is 0 Å². The van der Waals surface area contributed by atoms with E-state index in [4.69, 9.17) is 33.2 Å². The Morgan fingerprint density at radius 1 is 0.717 bits per heavy atom. The first-order valence-electron chi connectivity index (χ1n) is 14.1. The highest BCUT2D eigenvalue weighted by molar-refractivity contribution is 5.70. The molecule has 2 aromatic rings. The van der Waals surface area contributed by atoms with E-state index in [0.717, 1.165) is 6.07 Å². The van der Waals surface area contributed by atoms with Crippen LogP contribution < -0.4 is 14.2 Å². The zero-order valence-electron chi connectivity index (χ0n) is 24.5. The van der Waals surface area contributed by atoms with Crippen molar-refractivity contribution in [2.24, 2.45) is 0 Å². The largest absolute Gasteiger partial charge is 0.508 e. The summed E-state index contributed by atoms with van der Waals surface area (Å²) in [5.41, 5.74) is 0.337. The summed E-state index contributed by atoms with van der Waals surface area (Å²) in [6.45, 7) is -1.56. The van der Waals surface area contributed by atoms with Crippen molar-refractivity contribution in [3.8, 4) is 34.5 Å². The lowest BCUT2D eigenvalue weighted by Gasteiger charge is -2.46. The summed E-state index contributed by atoms with van der Waals surface area (Å²) in [5, 5.41) is 103. The van der Waals surface area contributed by atoms with Gasteiger partial charge in [-0.05, 0) is 18.2 Å². The minimum atomic E-state index is -1.88. The lowest BCUT2D eigenvalue weighted by Crippen LogP contribution is -2.64. The Morgan fingerprint density at radius 3 is 1.93 bits per heavy atom. The SMILES string of the molecule is COc1cc(C2Oc3cc(O)cc(O)c3C=C2OC2OC(CO)C(O)C(OC3OC(CO)C(O)C(O)C3O)C2O)cc(OC)c1O. The van der Waals surface area contributed by atoms with Crippen molar-refractivity contribution in [2.75, 3.05) is 27.4 Å². The van der Waals surface area contributed by atoms with Crippen LogP contribution in [0.3, 0.4) is 0 Å². The number of hydrogen-bond donors (Lipinski definition) is 10. The van der Waals surface area contributed by atoms with Gasteiger partial charge in [-0.25, -0.2) is 0 Å². The van der Waals surface area contributed by atoms with Gasteiger partial charge in [0.1, 0.15) is 71.8 Å². The molecule has 0 radical (unpaired) electrons. The molecule has 2 saturated heterocycles. The van der Waals surface area contributed by atoms with Crippen LogP contribution >= 0.6 is 0 Å². The van der Waals surface area contributed by atoms with Crippen molar-refractivity contribution in [1.82, 2.24) is 0 Å². The summed E-state index contributed by atoms with van der Waals surface area (Å²) in [6.07, 6.45) is -16.9. The molecule has 5 rings (SSSR count). The number of aliphatic hydroxyl groups is 7. The fraction of sp³-hybridized carbons (Fsp3) is 0.517. The zero-order valence-corrected chi connectivity index (χ0v) is 24.5. The third kappa shape index (κ3) is 6.21. The number of methoxy groups -OCH3 is 2. The lowest BCUT2D eigenvalue weighted by molar-refractivity contribution is -0.357. The molecule has 0 bridgehead atoms. The van der Waals surface area contributed by atoms with Gasteiger partial charge in [-0.2, -0.15) is 0 Å². The molecule has 0 saturated carbocycles. The second-order valence-corrected chi connectivity index (χ2v) is 10.8. The van der Waals surface area contributed by atoms with Gasteiger partial charge >= 0.3 is 0 Å². The van der Waals surface area contributed by atoms with Crippen molar-refractivity contribution >= 4 is 6.08 Å². The molecule has 3 heterocycles. The number of phenols is 3. The molecule has 0 aromatic heterocycles. The second kappa shape index (κ2) is 13.6. The van der Waals surface area contributed by atoms with E-state index in [0.29, 0.717) is 0 Å². The minimum Gasteiger partial charge on any atom is -0.508 e. The van der Waals surface area contributed by atoms with E-state index in [1.807, 2.05) is 0 Å². The number of phenolic OH excluding ortho intramolecular Hbond substituents is 3. The predicted molar refractivity (Wildman–Crippen MR) is 150 cm³/mol. The summed E-state index contributed by atoms with van der Waals surface area (Å²) in [7, 11) is 2.61. The van der Waals surface area contributed by atoms with Crippen LogP contribution in [0.15, 0.2) is 30.0 Å². The summed E-state index contributed by atoms with van der Waals surface area (Å²) >= 11 is 0. The highest BCUT2D eigenvalue weighted by Crippen LogP contribution is 2.47. The molecule has 3 aliphatic rings. The topological polar surface area (TPSA) is 267 Å². The Balaban J connectivity index is 1.50. The van der Waals surface area contributed by atoms with Crippen molar-refractivity contribution in [2.45, 2.75) is 67.5 Å². The molecule has 0 aliphatic carbocycles. The quantitative estimate of drug-likeness (QED) is 0.139. The van der Waals surface area contributed by atoms with Gasteiger partial charge in [0, 0.05) is 17.7 Å². The first-order chi connectivity index (χ1) is 21.9. The van der Waals surface area contributed by atoms with E-state index in [1.165, 1.54) is 38.5 Å². The van der Waals surface area contributed by atoms with Crippen LogP contribution in [0.2, 0.25) is 0 Å². The van der Waals surface area contributed by atoms with Gasteiger partial charge in [0.25, 0.3) is 0 Å². The van der Waals surface area contributed by atoms with Crippen LogP contribution in [-0.4, -0.2) is 140 Å². The molecule has 0 amide bonds. The van der Waals surface area contributed by atoms with Crippen LogP contribution in [0.4, 0.5) is 0 Å². The summed E-state index contributed by atoms with van der Waals surface area (Å²) < 4.78 is 39.3. The summed E-state index contributed by atoms with van der Waals surface area (Å²) in [6, 6.07) is 5.09. The van der Waals surface area contributed by atoms with Gasteiger partial charge in [0.15, 0.2) is 23.9 Å². The minimum absolute atomic E-state index is 0.00716. The van der Waals surface area contributed by atoms with Crippen LogP contribution in [0.1, 0.15) is 17.2 Å². The number of ether oxygens (including phenoxy) is 7. The first-order valence-corrected chi connectivity index (χ1v) is 14.1. The number of benzene rings is 2. The Morgan fingerprint density at radius 2 is 1.33 bits per heavy atom. The molecule has 11 unspecified atom stereocenters. The second-order valence-electron chi connectivity index (χ2n) is 10.8. The number of hydrogen-bond acceptors (Lipinski definition) is 17. The van der Waals surface area contributed by atoms with Gasteiger partial charge in [-0.3, -0.25) is 0 Å². The van der Waals surface area contributed by atoms with Crippen LogP contribution in [0.5, 0.6) is 34.5 Å². The average Bonchev–Trinajstić information content (AvgIpc) is 3.04. The average molecular weight is 657 g/mol. The van der Waals surface area contributed by atoms with Crippen molar-refractivity contribution < 1.29 is 84.2 Å². The van der Waals surface area contributed by atoms with Crippen LogP contribution in [0.25, 0.3) is 6.08 Å². The summed E-state index contributed by atoms with van der Waals surface area (Å²) in [4.78, 5) is 0. The van der Waals surface area contributed by atoms with Gasteiger partial charge < -0.3 is 84.2 Å². The van der Waals surface area contributed by atoms with E-state index in [-0.39, 0.29) is 45.6 Å². The molecule has 10 N–H and O–H groups in total. The lowest BCUT2D eigenvalue weighted by atomic mass is 9.96. The Labute approximate surface area is 261 Å². The van der Waals surface area contributed by atoms with Gasteiger partial charge in [0.05, 0.1) is 33.0 Å². The Bertz CT molecular complexity index is 1390.